The quantitative estimate of drug-likeness (QED) is 0.773. The van der Waals surface area contributed by atoms with Gasteiger partial charge in [0.2, 0.25) is 5.95 Å². The Bertz CT molecular complexity index is 846. The maximum absolute atomic E-state index is 13.7. The van der Waals surface area contributed by atoms with Gasteiger partial charge in [-0.2, -0.15) is 15.0 Å². The first-order valence-electron chi connectivity index (χ1n) is 8.03. The second kappa shape index (κ2) is 8.16. The zero-order valence-electron chi connectivity index (χ0n) is 14.3. The van der Waals surface area contributed by atoms with E-state index in [-0.39, 0.29) is 18.4 Å². The molecule has 1 aromatic carbocycles. The van der Waals surface area contributed by atoms with Gasteiger partial charge >= 0.3 is 6.01 Å². The SMILES string of the molecule is COc1nc(CNC(=O)c2ccc(F)c(F)c2F)nc(N2CCOCC2)n1. The molecule has 3 rings (SSSR count). The summed E-state index contributed by atoms with van der Waals surface area (Å²) in [5.41, 5.74) is -0.622. The summed E-state index contributed by atoms with van der Waals surface area (Å²) < 4.78 is 50.3. The molecule has 1 fully saturated rings. The Kier molecular flexibility index (Phi) is 5.69. The van der Waals surface area contributed by atoms with Crippen molar-refractivity contribution in [2.45, 2.75) is 6.54 Å². The average Bonchev–Trinajstić information content (AvgIpc) is 2.70. The van der Waals surface area contributed by atoms with E-state index in [0.717, 1.165) is 6.07 Å². The van der Waals surface area contributed by atoms with E-state index in [9.17, 15) is 18.0 Å². The minimum absolute atomic E-state index is 0.0507. The number of hydrogen-bond acceptors (Lipinski definition) is 7. The molecule has 0 radical (unpaired) electrons. The first-order chi connectivity index (χ1) is 13.0. The van der Waals surface area contributed by atoms with Gasteiger partial charge in [0.05, 0.1) is 32.4 Å². The van der Waals surface area contributed by atoms with Crippen LogP contribution in [0.3, 0.4) is 0 Å². The Labute approximate surface area is 152 Å². The number of amides is 1. The molecule has 27 heavy (non-hydrogen) atoms. The minimum Gasteiger partial charge on any atom is -0.467 e. The van der Waals surface area contributed by atoms with E-state index in [1.54, 1.807) is 0 Å². The third kappa shape index (κ3) is 4.25. The van der Waals surface area contributed by atoms with Crippen molar-refractivity contribution in [2.75, 3.05) is 38.3 Å². The van der Waals surface area contributed by atoms with Gasteiger partial charge in [-0.3, -0.25) is 4.79 Å². The number of halogens is 3. The van der Waals surface area contributed by atoms with Crippen molar-refractivity contribution < 1.29 is 27.4 Å². The van der Waals surface area contributed by atoms with Gasteiger partial charge in [0.1, 0.15) is 0 Å². The maximum Gasteiger partial charge on any atom is 0.321 e. The predicted octanol–water partition coefficient (Wildman–Crippen LogP) is 1.06. The molecule has 2 heterocycles. The number of carbonyl (C=O) groups is 1. The number of carbonyl (C=O) groups excluding carboxylic acids is 1. The summed E-state index contributed by atoms with van der Waals surface area (Å²) in [6, 6.07) is 1.58. The Morgan fingerprint density at radius 3 is 2.63 bits per heavy atom. The van der Waals surface area contributed by atoms with Crippen LogP contribution in [0.5, 0.6) is 6.01 Å². The fourth-order valence-electron chi connectivity index (χ4n) is 2.42. The van der Waals surface area contributed by atoms with Crippen LogP contribution < -0.4 is 15.0 Å². The van der Waals surface area contributed by atoms with Crippen molar-refractivity contribution in [3.8, 4) is 6.01 Å². The highest BCUT2D eigenvalue weighted by Crippen LogP contribution is 2.16. The van der Waals surface area contributed by atoms with Gasteiger partial charge in [0.25, 0.3) is 5.91 Å². The van der Waals surface area contributed by atoms with Crippen LogP contribution in [0.25, 0.3) is 0 Å². The highest BCUT2D eigenvalue weighted by molar-refractivity contribution is 5.94. The van der Waals surface area contributed by atoms with E-state index in [1.165, 1.54) is 7.11 Å². The lowest BCUT2D eigenvalue weighted by molar-refractivity contribution is 0.0944. The number of morpholine rings is 1. The number of benzene rings is 1. The van der Waals surface area contributed by atoms with Crippen molar-refractivity contribution in [1.82, 2.24) is 20.3 Å². The molecule has 0 saturated carbocycles. The zero-order chi connectivity index (χ0) is 19.4. The highest BCUT2D eigenvalue weighted by Gasteiger charge is 2.20. The van der Waals surface area contributed by atoms with Crippen LogP contribution in [0.4, 0.5) is 19.1 Å². The summed E-state index contributed by atoms with van der Waals surface area (Å²) in [6.07, 6.45) is 0. The average molecular weight is 383 g/mol. The number of rotatable bonds is 5. The predicted molar refractivity (Wildman–Crippen MR) is 86.9 cm³/mol. The fourth-order valence-corrected chi connectivity index (χ4v) is 2.42. The molecule has 1 aliphatic heterocycles. The molecule has 144 valence electrons. The lowest BCUT2D eigenvalue weighted by Gasteiger charge is -2.26. The number of ether oxygens (including phenoxy) is 2. The van der Waals surface area contributed by atoms with Crippen LogP contribution in [0.1, 0.15) is 16.2 Å². The summed E-state index contributed by atoms with van der Waals surface area (Å²) in [5.74, 6) is -5.05. The fraction of sp³-hybridized carbons (Fsp3) is 0.375. The van der Waals surface area contributed by atoms with Crippen LogP contribution in [0.15, 0.2) is 12.1 Å². The number of nitrogens with one attached hydrogen (secondary N) is 1. The Hall–Kier alpha value is -2.95. The summed E-state index contributed by atoms with van der Waals surface area (Å²) in [6.45, 7) is 2.02. The zero-order valence-corrected chi connectivity index (χ0v) is 14.3. The molecule has 1 aromatic heterocycles. The van der Waals surface area contributed by atoms with Gasteiger partial charge < -0.3 is 19.7 Å². The molecule has 11 heteroatoms. The molecule has 0 bridgehead atoms. The van der Waals surface area contributed by atoms with Crippen LogP contribution in [0, 0.1) is 17.5 Å². The van der Waals surface area contributed by atoms with E-state index >= 15 is 0 Å². The van der Waals surface area contributed by atoms with Crippen LogP contribution in [0.2, 0.25) is 0 Å². The Morgan fingerprint density at radius 1 is 1.19 bits per heavy atom. The largest absolute Gasteiger partial charge is 0.467 e. The molecule has 1 amide bonds. The van der Waals surface area contributed by atoms with E-state index < -0.39 is 28.9 Å². The number of aromatic nitrogens is 3. The highest BCUT2D eigenvalue weighted by atomic mass is 19.2. The molecular formula is C16H16F3N5O3. The van der Waals surface area contributed by atoms with Crippen LogP contribution in [-0.4, -0.2) is 54.3 Å². The molecule has 1 N–H and O–H groups in total. The van der Waals surface area contributed by atoms with E-state index in [4.69, 9.17) is 9.47 Å². The smallest absolute Gasteiger partial charge is 0.321 e. The van der Waals surface area contributed by atoms with Crippen LogP contribution >= 0.6 is 0 Å². The van der Waals surface area contributed by atoms with Gasteiger partial charge in [-0.15, -0.1) is 0 Å². The summed E-state index contributed by atoms with van der Waals surface area (Å²) in [7, 11) is 1.39. The standard InChI is InChI=1S/C16H16F3N5O3/c1-26-16-22-11(21-15(23-16)24-4-6-27-7-5-24)8-20-14(25)9-2-3-10(17)13(19)12(9)18/h2-3H,4-8H2,1H3,(H,20,25). The first-order valence-corrected chi connectivity index (χ1v) is 8.03. The number of anilines is 1. The summed E-state index contributed by atoms with van der Waals surface area (Å²) in [4.78, 5) is 26.4. The second-order valence-corrected chi connectivity index (χ2v) is 5.54. The van der Waals surface area contributed by atoms with Crippen molar-refractivity contribution >= 4 is 11.9 Å². The maximum atomic E-state index is 13.7. The number of hydrogen-bond donors (Lipinski definition) is 1. The van der Waals surface area contributed by atoms with Gasteiger partial charge in [-0.25, -0.2) is 13.2 Å². The molecule has 0 spiro atoms. The monoisotopic (exact) mass is 383 g/mol. The molecule has 0 atom stereocenters. The lowest BCUT2D eigenvalue weighted by atomic mass is 10.2. The Morgan fingerprint density at radius 2 is 1.93 bits per heavy atom. The molecule has 0 unspecified atom stereocenters. The number of methoxy groups -OCH3 is 1. The van der Waals surface area contributed by atoms with Crippen molar-refractivity contribution in [3.63, 3.8) is 0 Å². The van der Waals surface area contributed by atoms with Crippen molar-refractivity contribution in [3.05, 3.63) is 41.0 Å². The molecule has 1 aliphatic rings. The van der Waals surface area contributed by atoms with Crippen molar-refractivity contribution in [1.29, 1.82) is 0 Å². The molecule has 8 nitrogen and oxygen atoms in total. The van der Waals surface area contributed by atoms with Crippen molar-refractivity contribution in [2.24, 2.45) is 0 Å². The molecule has 1 saturated heterocycles. The molecule has 2 aromatic rings. The van der Waals surface area contributed by atoms with E-state index in [1.807, 2.05) is 4.90 Å². The van der Waals surface area contributed by atoms with Gasteiger partial charge in [-0.1, -0.05) is 0 Å². The minimum atomic E-state index is -1.71. The second-order valence-electron chi connectivity index (χ2n) is 5.54. The summed E-state index contributed by atoms with van der Waals surface area (Å²) in [5, 5.41) is 2.36. The third-order valence-electron chi connectivity index (χ3n) is 3.81. The topological polar surface area (TPSA) is 89.5 Å². The van der Waals surface area contributed by atoms with Crippen LogP contribution in [-0.2, 0) is 11.3 Å². The first kappa shape index (κ1) is 18.8. The summed E-state index contributed by atoms with van der Waals surface area (Å²) >= 11 is 0. The normalized spacial score (nSPS) is 14.1. The van der Waals surface area contributed by atoms with E-state index in [2.05, 4.69) is 20.3 Å². The van der Waals surface area contributed by atoms with E-state index in [0.29, 0.717) is 38.3 Å². The van der Waals surface area contributed by atoms with Gasteiger partial charge in [0, 0.05) is 13.1 Å². The number of nitrogens with zero attached hydrogens (tertiary/aromatic N) is 4. The van der Waals surface area contributed by atoms with Gasteiger partial charge in [0.15, 0.2) is 23.3 Å². The Balaban J connectivity index is 1.75. The lowest BCUT2D eigenvalue weighted by Crippen LogP contribution is -2.37. The molecular weight excluding hydrogens is 367 g/mol. The molecule has 0 aliphatic carbocycles. The third-order valence-corrected chi connectivity index (χ3v) is 3.81. The van der Waals surface area contributed by atoms with Gasteiger partial charge in [-0.05, 0) is 12.1 Å².